The molecule has 1 aromatic rings. The largest absolute Gasteiger partial charge is 0.493 e. The normalized spacial score (nSPS) is 12.5. The number of rotatable bonds is 6. The number of aliphatic hydroxyl groups excluding tert-OH is 1. The molecule has 0 heterocycles. The highest BCUT2D eigenvalue weighted by Crippen LogP contribution is 2.19. The summed E-state index contributed by atoms with van der Waals surface area (Å²) in [5, 5.41) is 8.90. The SMILES string of the molecule is CCCOc1ccccc1CC(N)CO. The molecule has 0 aromatic heterocycles. The summed E-state index contributed by atoms with van der Waals surface area (Å²) in [6.45, 7) is 2.79. The lowest BCUT2D eigenvalue weighted by molar-refractivity contribution is 0.263. The minimum atomic E-state index is -0.212. The van der Waals surface area contributed by atoms with Crippen LogP contribution in [0.2, 0.25) is 0 Å². The van der Waals surface area contributed by atoms with E-state index in [1.165, 1.54) is 0 Å². The summed E-state index contributed by atoms with van der Waals surface area (Å²) in [7, 11) is 0. The van der Waals surface area contributed by atoms with Crippen molar-refractivity contribution < 1.29 is 9.84 Å². The van der Waals surface area contributed by atoms with Crippen molar-refractivity contribution in [3.05, 3.63) is 29.8 Å². The molecule has 1 aromatic carbocycles. The summed E-state index contributed by atoms with van der Waals surface area (Å²) < 4.78 is 5.59. The molecule has 0 spiro atoms. The molecular formula is C12H19NO2. The Balaban J connectivity index is 2.67. The van der Waals surface area contributed by atoms with E-state index in [0.717, 1.165) is 17.7 Å². The molecule has 1 unspecified atom stereocenters. The van der Waals surface area contributed by atoms with Crippen LogP contribution in [0.3, 0.4) is 0 Å². The monoisotopic (exact) mass is 209 g/mol. The standard InChI is InChI=1S/C12H19NO2/c1-2-7-15-12-6-4-3-5-10(12)8-11(13)9-14/h3-6,11,14H,2,7-9,13H2,1H3. The van der Waals surface area contributed by atoms with Crippen molar-refractivity contribution in [1.82, 2.24) is 0 Å². The molecule has 1 atom stereocenters. The van der Waals surface area contributed by atoms with Crippen LogP contribution < -0.4 is 10.5 Å². The third-order valence-electron chi connectivity index (χ3n) is 2.15. The molecule has 0 aliphatic carbocycles. The van der Waals surface area contributed by atoms with E-state index in [1.807, 2.05) is 24.3 Å². The van der Waals surface area contributed by atoms with Crippen molar-refractivity contribution >= 4 is 0 Å². The fourth-order valence-electron chi connectivity index (χ4n) is 1.37. The van der Waals surface area contributed by atoms with E-state index in [1.54, 1.807) is 0 Å². The van der Waals surface area contributed by atoms with Gasteiger partial charge >= 0.3 is 0 Å². The van der Waals surface area contributed by atoms with Gasteiger partial charge in [0.05, 0.1) is 13.2 Å². The molecule has 0 radical (unpaired) electrons. The Morgan fingerprint density at radius 1 is 1.40 bits per heavy atom. The van der Waals surface area contributed by atoms with Gasteiger partial charge in [-0.3, -0.25) is 0 Å². The topological polar surface area (TPSA) is 55.5 Å². The molecule has 1 rings (SSSR count). The third kappa shape index (κ3) is 3.90. The minimum Gasteiger partial charge on any atom is -0.493 e. The predicted octanol–water partition coefficient (Wildman–Crippen LogP) is 1.34. The van der Waals surface area contributed by atoms with Gasteiger partial charge in [-0.05, 0) is 24.5 Å². The Bertz CT molecular complexity index is 289. The molecule has 3 heteroatoms. The quantitative estimate of drug-likeness (QED) is 0.743. The number of benzene rings is 1. The van der Waals surface area contributed by atoms with E-state index in [-0.39, 0.29) is 12.6 Å². The highest BCUT2D eigenvalue weighted by Gasteiger charge is 2.07. The van der Waals surface area contributed by atoms with Gasteiger partial charge in [-0.1, -0.05) is 25.1 Å². The van der Waals surface area contributed by atoms with Crippen LogP contribution in [0.5, 0.6) is 5.75 Å². The van der Waals surface area contributed by atoms with Gasteiger partial charge in [0.2, 0.25) is 0 Å². The Morgan fingerprint density at radius 3 is 2.80 bits per heavy atom. The second-order valence-corrected chi connectivity index (χ2v) is 3.60. The molecule has 15 heavy (non-hydrogen) atoms. The summed E-state index contributed by atoms with van der Waals surface area (Å²) >= 11 is 0. The number of hydrogen-bond acceptors (Lipinski definition) is 3. The fraction of sp³-hybridized carbons (Fsp3) is 0.500. The zero-order chi connectivity index (χ0) is 11.1. The van der Waals surface area contributed by atoms with E-state index in [4.69, 9.17) is 15.6 Å². The first-order chi connectivity index (χ1) is 7.27. The van der Waals surface area contributed by atoms with Crippen molar-refractivity contribution in [2.45, 2.75) is 25.8 Å². The zero-order valence-electron chi connectivity index (χ0n) is 9.15. The number of aliphatic hydroxyl groups is 1. The van der Waals surface area contributed by atoms with Gasteiger partial charge in [-0.15, -0.1) is 0 Å². The van der Waals surface area contributed by atoms with Crippen LogP contribution >= 0.6 is 0 Å². The molecule has 0 saturated heterocycles. The summed E-state index contributed by atoms with van der Waals surface area (Å²) in [4.78, 5) is 0. The smallest absolute Gasteiger partial charge is 0.122 e. The molecule has 84 valence electrons. The minimum absolute atomic E-state index is 0.00210. The lowest BCUT2D eigenvalue weighted by Crippen LogP contribution is -2.27. The lowest BCUT2D eigenvalue weighted by atomic mass is 10.1. The first-order valence-corrected chi connectivity index (χ1v) is 5.35. The Kier molecular flexibility index (Phi) is 5.15. The zero-order valence-corrected chi connectivity index (χ0v) is 9.15. The first kappa shape index (κ1) is 12.0. The van der Waals surface area contributed by atoms with Gasteiger partial charge < -0.3 is 15.6 Å². The maximum absolute atomic E-state index is 8.90. The highest BCUT2D eigenvalue weighted by atomic mass is 16.5. The summed E-state index contributed by atoms with van der Waals surface area (Å²) in [6, 6.07) is 7.61. The number of hydrogen-bond donors (Lipinski definition) is 2. The molecule has 0 amide bonds. The van der Waals surface area contributed by atoms with E-state index < -0.39 is 0 Å². The molecule has 3 N–H and O–H groups in total. The number of ether oxygens (including phenoxy) is 1. The van der Waals surface area contributed by atoms with Crippen molar-refractivity contribution in [3.63, 3.8) is 0 Å². The van der Waals surface area contributed by atoms with Crippen LogP contribution in [0.15, 0.2) is 24.3 Å². The van der Waals surface area contributed by atoms with Crippen molar-refractivity contribution in [1.29, 1.82) is 0 Å². The lowest BCUT2D eigenvalue weighted by Gasteiger charge is -2.13. The Hall–Kier alpha value is -1.06. The van der Waals surface area contributed by atoms with Crippen LogP contribution in [0.4, 0.5) is 0 Å². The highest BCUT2D eigenvalue weighted by molar-refractivity contribution is 5.33. The Morgan fingerprint density at radius 2 is 2.13 bits per heavy atom. The van der Waals surface area contributed by atoms with Gasteiger partial charge in [0, 0.05) is 6.04 Å². The van der Waals surface area contributed by atoms with Crippen LogP contribution in [-0.4, -0.2) is 24.4 Å². The summed E-state index contributed by atoms with van der Waals surface area (Å²) in [6.07, 6.45) is 1.64. The van der Waals surface area contributed by atoms with Gasteiger partial charge in [0.1, 0.15) is 5.75 Å². The molecule has 3 nitrogen and oxygen atoms in total. The van der Waals surface area contributed by atoms with E-state index in [2.05, 4.69) is 6.92 Å². The first-order valence-electron chi connectivity index (χ1n) is 5.35. The Labute approximate surface area is 90.9 Å². The van der Waals surface area contributed by atoms with Crippen LogP contribution in [-0.2, 0) is 6.42 Å². The summed E-state index contributed by atoms with van der Waals surface area (Å²) in [5.41, 5.74) is 6.76. The van der Waals surface area contributed by atoms with Crippen molar-refractivity contribution in [3.8, 4) is 5.75 Å². The van der Waals surface area contributed by atoms with Gasteiger partial charge in [0.25, 0.3) is 0 Å². The predicted molar refractivity (Wildman–Crippen MR) is 61.0 cm³/mol. The molecule has 0 aliphatic rings. The van der Waals surface area contributed by atoms with Crippen LogP contribution in [0.1, 0.15) is 18.9 Å². The van der Waals surface area contributed by atoms with Gasteiger partial charge in [-0.2, -0.15) is 0 Å². The molecular weight excluding hydrogens is 190 g/mol. The van der Waals surface area contributed by atoms with E-state index in [0.29, 0.717) is 13.0 Å². The third-order valence-corrected chi connectivity index (χ3v) is 2.15. The molecule has 0 saturated carbocycles. The molecule has 0 bridgehead atoms. The number of para-hydroxylation sites is 1. The maximum Gasteiger partial charge on any atom is 0.122 e. The average Bonchev–Trinajstić information content (AvgIpc) is 2.28. The van der Waals surface area contributed by atoms with Crippen LogP contribution in [0, 0.1) is 0 Å². The van der Waals surface area contributed by atoms with Gasteiger partial charge in [-0.25, -0.2) is 0 Å². The average molecular weight is 209 g/mol. The van der Waals surface area contributed by atoms with Crippen molar-refractivity contribution in [2.75, 3.05) is 13.2 Å². The van der Waals surface area contributed by atoms with Gasteiger partial charge in [0.15, 0.2) is 0 Å². The molecule has 0 aliphatic heterocycles. The second-order valence-electron chi connectivity index (χ2n) is 3.60. The fourth-order valence-corrected chi connectivity index (χ4v) is 1.37. The van der Waals surface area contributed by atoms with E-state index >= 15 is 0 Å². The molecule has 0 fully saturated rings. The van der Waals surface area contributed by atoms with Crippen molar-refractivity contribution in [2.24, 2.45) is 5.73 Å². The maximum atomic E-state index is 8.90. The number of nitrogens with two attached hydrogens (primary N) is 1. The van der Waals surface area contributed by atoms with E-state index in [9.17, 15) is 0 Å². The second kappa shape index (κ2) is 6.43. The summed E-state index contributed by atoms with van der Waals surface area (Å²) in [5.74, 6) is 0.878. The van der Waals surface area contributed by atoms with Crippen LogP contribution in [0.25, 0.3) is 0 Å².